The van der Waals surface area contributed by atoms with Crippen LogP contribution in [-0.2, 0) is 16.1 Å². The molecule has 9 heteroatoms. The maximum atomic E-state index is 12.1. The van der Waals surface area contributed by atoms with Crippen LogP contribution in [0.4, 0.5) is 5.69 Å². The fourth-order valence-electron chi connectivity index (χ4n) is 2.64. The van der Waals surface area contributed by atoms with E-state index in [2.05, 4.69) is 20.6 Å². The number of halogens is 2. The molecule has 7 nitrogen and oxygen atoms in total. The van der Waals surface area contributed by atoms with Crippen LogP contribution in [0.15, 0.2) is 58.5 Å². The Labute approximate surface area is 178 Å². The number of amides is 2. The zero-order valence-corrected chi connectivity index (χ0v) is 17.3. The van der Waals surface area contributed by atoms with Crippen molar-refractivity contribution < 1.29 is 9.59 Å². The molecule has 1 fully saturated rings. The molecular formula is C20H19Cl2N5O2. The van der Waals surface area contributed by atoms with Crippen LogP contribution < -0.4 is 10.6 Å². The van der Waals surface area contributed by atoms with Crippen LogP contribution in [0.3, 0.4) is 0 Å². The zero-order valence-electron chi connectivity index (χ0n) is 15.8. The minimum Gasteiger partial charge on any atom is -0.324 e. The van der Waals surface area contributed by atoms with E-state index in [9.17, 15) is 9.59 Å². The van der Waals surface area contributed by atoms with Gasteiger partial charge in [0.2, 0.25) is 11.9 Å². The maximum Gasteiger partial charge on any atom is 0.319 e. The highest BCUT2D eigenvalue weighted by Gasteiger charge is 2.37. The average Bonchev–Trinajstić information content (AvgIpc) is 2.97. The van der Waals surface area contributed by atoms with Gasteiger partial charge < -0.3 is 5.32 Å². The van der Waals surface area contributed by atoms with Gasteiger partial charge in [-0.15, -0.1) is 0 Å². The Balaban J connectivity index is 1.94. The lowest BCUT2D eigenvalue weighted by Gasteiger charge is -2.19. The summed E-state index contributed by atoms with van der Waals surface area (Å²) in [6, 6.07) is 14.4. The highest BCUT2D eigenvalue weighted by molar-refractivity contribution is 6.46. The van der Waals surface area contributed by atoms with Gasteiger partial charge in [0.1, 0.15) is 0 Å². The number of guanidine groups is 2. The minimum absolute atomic E-state index is 0.120. The summed E-state index contributed by atoms with van der Waals surface area (Å²) in [7, 11) is 0. The number of rotatable bonds is 4. The van der Waals surface area contributed by atoms with E-state index in [1.54, 1.807) is 32.0 Å². The summed E-state index contributed by atoms with van der Waals surface area (Å²) in [5.41, 5.74) is 1.59. The van der Waals surface area contributed by atoms with Gasteiger partial charge in [-0.25, -0.2) is 4.99 Å². The van der Waals surface area contributed by atoms with Gasteiger partial charge >= 0.3 is 11.8 Å². The van der Waals surface area contributed by atoms with Crippen LogP contribution in [0.2, 0.25) is 10.0 Å². The zero-order chi connectivity index (χ0) is 21.0. The van der Waals surface area contributed by atoms with Crippen LogP contribution >= 0.6 is 23.2 Å². The van der Waals surface area contributed by atoms with E-state index in [4.69, 9.17) is 23.2 Å². The fraction of sp³-hybridized carbons (Fsp3) is 0.200. The summed E-state index contributed by atoms with van der Waals surface area (Å²) in [6.07, 6.45) is 0. The lowest BCUT2D eigenvalue weighted by molar-refractivity contribution is -0.140. The monoisotopic (exact) mass is 431 g/mol. The summed E-state index contributed by atoms with van der Waals surface area (Å²) in [6.45, 7) is 3.94. The lowest BCUT2D eigenvalue weighted by Crippen LogP contribution is -2.39. The summed E-state index contributed by atoms with van der Waals surface area (Å²) in [5.74, 6) is -1.05. The Morgan fingerprint density at radius 1 is 1.10 bits per heavy atom. The van der Waals surface area contributed by atoms with E-state index < -0.39 is 11.8 Å². The van der Waals surface area contributed by atoms with Crippen LogP contribution in [0, 0.1) is 0 Å². The summed E-state index contributed by atoms with van der Waals surface area (Å²) in [4.78, 5) is 34.1. The van der Waals surface area contributed by atoms with Gasteiger partial charge in [-0.3, -0.25) is 19.8 Å². The Hall–Kier alpha value is -2.90. The molecule has 0 radical (unpaired) electrons. The molecule has 0 unspecified atom stereocenters. The number of hydrogen-bond acceptors (Lipinski definition) is 3. The van der Waals surface area contributed by atoms with E-state index in [0.29, 0.717) is 22.3 Å². The highest BCUT2D eigenvalue weighted by atomic mass is 35.5. The third-order valence-electron chi connectivity index (χ3n) is 4.02. The Morgan fingerprint density at radius 3 is 2.48 bits per heavy atom. The molecule has 1 aliphatic rings. The van der Waals surface area contributed by atoms with Crippen LogP contribution in [-0.4, -0.2) is 34.7 Å². The van der Waals surface area contributed by atoms with Crippen molar-refractivity contribution in [1.82, 2.24) is 10.2 Å². The van der Waals surface area contributed by atoms with Crippen molar-refractivity contribution in [2.24, 2.45) is 9.98 Å². The number of carbonyl (C=O) groups excluding carboxylic acids is 2. The summed E-state index contributed by atoms with van der Waals surface area (Å²) >= 11 is 12.1. The molecule has 3 rings (SSSR count). The molecule has 2 N–H and O–H groups in total. The van der Waals surface area contributed by atoms with Crippen molar-refractivity contribution >= 4 is 52.6 Å². The molecule has 1 saturated heterocycles. The van der Waals surface area contributed by atoms with Gasteiger partial charge in [-0.05, 0) is 37.6 Å². The molecule has 0 atom stereocenters. The van der Waals surface area contributed by atoms with E-state index in [0.717, 1.165) is 5.56 Å². The number of anilines is 1. The quantitative estimate of drug-likeness (QED) is 0.439. The molecule has 150 valence electrons. The second kappa shape index (κ2) is 9.07. The van der Waals surface area contributed by atoms with Crippen molar-refractivity contribution in [3.05, 3.63) is 64.1 Å². The molecule has 2 aromatic carbocycles. The molecule has 2 amide bonds. The number of nitrogens with one attached hydrogen (secondary N) is 2. The first-order chi connectivity index (χ1) is 13.8. The highest BCUT2D eigenvalue weighted by Crippen LogP contribution is 2.25. The molecule has 0 aromatic heterocycles. The van der Waals surface area contributed by atoms with Crippen molar-refractivity contribution in [1.29, 1.82) is 0 Å². The third-order valence-corrected chi connectivity index (χ3v) is 4.76. The Morgan fingerprint density at radius 2 is 1.83 bits per heavy atom. The summed E-state index contributed by atoms with van der Waals surface area (Å²) < 4.78 is 0. The molecule has 1 heterocycles. The van der Waals surface area contributed by atoms with E-state index in [-0.39, 0.29) is 18.0 Å². The van der Waals surface area contributed by atoms with E-state index >= 15 is 0 Å². The predicted octanol–water partition coefficient (Wildman–Crippen LogP) is 3.68. The third kappa shape index (κ3) is 5.13. The first-order valence-corrected chi connectivity index (χ1v) is 9.64. The van der Waals surface area contributed by atoms with Gasteiger partial charge in [0.25, 0.3) is 0 Å². The van der Waals surface area contributed by atoms with Crippen molar-refractivity contribution in [3.63, 3.8) is 0 Å². The molecule has 0 saturated carbocycles. The second-order valence-corrected chi connectivity index (χ2v) is 7.35. The number of aliphatic imine (C=N–C) groups is 2. The largest absolute Gasteiger partial charge is 0.324 e. The Kier molecular flexibility index (Phi) is 6.51. The van der Waals surface area contributed by atoms with Gasteiger partial charge in [-0.1, -0.05) is 53.5 Å². The number of carbonyl (C=O) groups is 2. The van der Waals surface area contributed by atoms with Crippen molar-refractivity contribution in [2.45, 2.75) is 26.4 Å². The number of nitrogens with zero attached hydrogens (tertiary/aromatic N) is 3. The maximum absolute atomic E-state index is 12.1. The molecule has 0 bridgehead atoms. The normalized spacial score (nSPS) is 16.0. The Bertz CT molecular complexity index is 990. The molecule has 2 aromatic rings. The van der Waals surface area contributed by atoms with Crippen molar-refractivity contribution in [3.8, 4) is 0 Å². The van der Waals surface area contributed by atoms with Crippen LogP contribution in [0.1, 0.15) is 19.4 Å². The van der Waals surface area contributed by atoms with E-state index in [1.165, 1.54) is 4.90 Å². The van der Waals surface area contributed by atoms with E-state index in [1.807, 2.05) is 30.3 Å². The van der Waals surface area contributed by atoms with Gasteiger partial charge in [-0.2, -0.15) is 4.99 Å². The van der Waals surface area contributed by atoms with Gasteiger partial charge in [0.05, 0.1) is 16.6 Å². The lowest BCUT2D eigenvalue weighted by atomic mass is 10.2. The van der Waals surface area contributed by atoms with Gasteiger partial charge in [0, 0.05) is 11.7 Å². The molecule has 29 heavy (non-hydrogen) atoms. The average molecular weight is 432 g/mol. The number of hydrogen-bond donors (Lipinski definition) is 2. The fourth-order valence-corrected chi connectivity index (χ4v) is 2.94. The van der Waals surface area contributed by atoms with Crippen molar-refractivity contribution in [2.75, 3.05) is 5.32 Å². The minimum atomic E-state index is -0.727. The second-order valence-electron chi connectivity index (χ2n) is 6.54. The van der Waals surface area contributed by atoms with Crippen LogP contribution in [0.25, 0.3) is 0 Å². The first-order valence-electron chi connectivity index (χ1n) is 8.89. The molecule has 0 spiro atoms. The number of benzene rings is 2. The topological polar surface area (TPSA) is 86.2 Å². The molecule has 1 aliphatic heterocycles. The standard InChI is InChI=1S/C20H19Cl2N5O2/c1-12(2)27-18(29)17(28)25-20(27)26-19(23-11-13-6-4-3-5-7-13)24-14-8-9-15(21)16(22)10-14/h3-10,12H,11H2,1-2H3,(H2,23,24,25,26,28). The molecular weight excluding hydrogens is 413 g/mol. The predicted molar refractivity (Wildman–Crippen MR) is 115 cm³/mol. The van der Waals surface area contributed by atoms with Gasteiger partial charge in [0.15, 0.2) is 0 Å². The summed E-state index contributed by atoms with van der Waals surface area (Å²) in [5, 5.41) is 6.35. The first kappa shape index (κ1) is 20.8. The smallest absolute Gasteiger partial charge is 0.319 e. The van der Waals surface area contributed by atoms with Crippen LogP contribution in [0.5, 0.6) is 0 Å². The molecule has 0 aliphatic carbocycles. The SMILES string of the molecule is CC(C)N1C(=O)C(=O)NC1=NC(=NCc1ccccc1)Nc1ccc(Cl)c(Cl)c1.